The Kier molecular flexibility index (Phi) is 217. The third kappa shape index (κ3) is 24.4. The largest absolute Gasteiger partial charge is 1.00 e. The van der Waals surface area contributed by atoms with Crippen molar-refractivity contribution >= 4 is 28.3 Å². The van der Waals surface area contributed by atoms with Crippen molar-refractivity contribution in [2.24, 2.45) is 0 Å². The van der Waals surface area contributed by atoms with Crippen molar-refractivity contribution in [2.75, 3.05) is 0 Å². The van der Waals surface area contributed by atoms with Gasteiger partial charge in [-0.1, -0.05) is 0 Å². The maximum absolute atomic E-state index is 2.75. The summed E-state index contributed by atoms with van der Waals surface area (Å²) in [5, 5.41) is 0. The average molecular weight is 322 g/mol. The molecule has 5 heavy (non-hydrogen) atoms. The normalized spacial score (nSPS) is 1.20. The van der Waals surface area contributed by atoms with Gasteiger partial charge >= 0.3 is 22.4 Å². The van der Waals surface area contributed by atoms with E-state index in [1.165, 1.54) is 0 Å². The van der Waals surface area contributed by atoms with Crippen LogP contribution in [-0.4, -0.2) is 0 Å². The van der Waals surface area contributed by atoms with Crippen LogP contribution in [0.5, 0.6) is 0 Å². The van der Waals surface area contributed by atoms with E-state index in [0.717, 1.165) is 0 Å². The minimum atomic E-state index is 0. The molecule has 3 N–H and O–H groups in total. The maximum Gasteiger partial charge on any atom is 1.00 e. The Morgan fingerprint density at radius 1 is 1.00 bits per heavy atom. The maximum atomic E-state index is 2.75. The first-order valence-corrected chi connectivity index (χ1v) is 3.86. The second-order valence-electron chi connectivity index (χ2n) is 0. The molecule has 0 spiro atoms. The van der Waals surface area contributed by atoms with Crippen LogP contribution in [0.3, 0.4) is 0 Å². The predicted octanol–water partition coefficient (Wildman–Crippen LogP) is 1.32. The van der Waals surface area contributed by atoms with Gasteiger partial charge in [0.2, 0.25) is 0 Å². The molecule has 0 saturated heterocycles. The summed E-state index contributed by atoms with van der Waals surface area (Å²) in [6.07, 6.45) is 0. The molecule has 5 heteroatoms. The molecule has 0 radical (unpaired) electrons. The Balaban J connectivity index is -0.00000000167. The summed E-state index contributed by atoms with van der Waals surface area (Å²) >= 11 is 5.50. The summed E-state index contributed by atoms with van der Waals surface area (Å²) < 4.78 is 0. The van der Waals surface area contributed by atoms with Gasteiger partial charge in [-0.3, -0.25) is 0 Å². The fourth-order valence-electron chi connectivity index (χ4n) is 0. The fourth-order valence-corrected chi connectivity index (χ4v) is 0. The van der Waals surface area contributed by atoms with Crippen LogP contribution in [0.25, 0.3) is 0 Å². The van der Waals surface area contributed by atoms with E-state index in [4.69, 9.17) is 0 Å². The molecule has 0 fully saturated rings. The number of rotatable bonds is 0. The van der Waals surface area contributed by atoms with E-state index >= 15 is 0 Å². The molecule has 0 aromatic rings. The fraction of sp³-hybridized carbons (Fsp3) is 0. The Morgan fingerprint density at radius 2 is 1.00 bits per heavy atom. The summed E-state index contributed by atoms with van der Waals surface area (Å²) in [7, 11) is 0. The van der Waals surface area contributed by atoms with E-state index in [0.29, 0.717) is 0 Å². The van der Waals surface area contributed by atoms with Crippen molar-refractivity contribution in [1.29, 1.82) is 0 Å². The summed E-state index contributed by atoms with van der Waals surface area (Å²) in [6, 6.07) is 0. The van der Waals surface area contributed by atoms with Crippen LogP contribution in [-0.2, 0) is 22.4 Å². The summed E-state index contributed by atoms with van der Waals surface area (Å²) in [6.45, 7) is 0. The molecule has 0 aromatic heterocycles. The molecule has 0 aromatic carbocycles. The average Bonchev–Trinajstić information content (AvgIpc) is 1.00. The van der Waals surface area contributed by atoms with Gasteiger partial charge in [-0.2, -0.15) is 0 Å². The summed E-state index contributed by atoms with van der Waals surface area (Å²) in [4.78, 5) is 0. The predicted molar refractivity (Wildman–Crippen MR) is 25.7 cm³/mol. The van der Waals surface area contributed by atoms with E-state index in [9.17, 15) is 0 Å². The third-order valence-corrected chi connectivity index (χ3v) is 0. The molecule has 40 valence electrons. The van der Waals surface area contributed by atoms with Crippen molar-refractivity contribution in [3.63, 3.8) is 0 Å². The molecule has 0 aliphatic carbocycles. The van der Waals surface area contributed by atoms with Gasteiger partial charge in [-0.25, -0.2) is 0 Å². The van der Waals surface area contributed by atoms with Gasteiger partial charge in [-0.15, -0.1) is 0 Å². The second kappa shape index (κ2) is 38.3. The van der Waals surface area contributed by atoms with Crippen LogP contribution in [0.1, 0.15) is 0 Å². The van der Waals surface area contributed by atoms with Crippen LogP contribution >= 0.6 is 28.3 Å². The van der Waals surface area contributed by atoms with Crippen LogP contribution in [0.15, 0.2) is 0 Å². The standard InChI is InChI=1S/Ag.Br2.ClH2.H3N/c;1-2;;/h;;1H2;1H3/q+1;;+1;. The molecule has 0 rings (SSSR count). The number of hydrogen-bond donors (Lipinski definition) is 1. The molecule has 0 amide bonds. The number of halogens is 3. The molecule has 1 nitrogen and oxygen atoms in total. The number of hydrogen-bond acceptors (Lipinski definition) is 1. The monoisotopic (exact) mass is 319 g/mol. The van der Waals surface area contributed by atoms with Crippen LogP contribution in [0, 0.1) is 12.4 Å². The molecule has 0 heterocycles. The van der Waals surface area contributed by atoms with Gasteiger partial charge < -0.3 is 6.15 Å². The zero-order chi connectivity index (χ0) is 2.00. The van der Waals surface area contributed by atoms with E-state index in [2.05, 4.69) is 28.3 Å². The third-order valence-electron chi connectivity index (χ3n) is 0. The molecule has 0 atom stereocenters. The van der Waals surface area contributed by atoms with E-state index in [1.807, 2.05) is 0 Å². The van der Waals surface area contributed by atoms with Crippen molar-refractivity contribution < 1.29 is 34.8 Å². The molecule has 0 saturated carbocycles. The Labute approximate surface area is 68.6 Å². The summed E-state index contributed by atoms with van der Waals surface area (Å²) in [5.74, 6) is 0. The Bertz CT molecular complexity index is 9.61. The van der Waals surface area contributed by atoms with Gasteiger partial charge in [0.1, 0.15) is 0 Å². The van der Waals surface area contributed by atoms with E-state index < -0.39 is 0 Å². The Hall–Kier alpha value is 1.95. The molecular weight excluding hydrogens is 317 g/mol. The zero-order valence-electron chi connectivity index (χ0n) is 2.21. The zero-order valence-corrected chi connectivity index (χ0v) is 7.76. The quantitative estimate of drug-likeness (QED) is 0.671. The second-order valence-corrected chi connectivity index (χ2v) is 0. The smallest absolute Gasteiger partial charge is 0.344 e. The molecule has 0 unspecified atom stereocenters. The van der Waals surface area contributed by atoms with Crippen LogP contribution in [0.4, 0.5) is 0 Å². The van der Waals surface area contributed by atoms with Crippen molar-refractivity contribution in [1.82, 2.24) is 6.15 Å². The van der Waals surface area contributed by atoms with Gasteiger partial charge in [0, 0.05) is 28.3 Å². The first kappa shape index (κ1) is 28.3. The van der Waals surface area contributed by atoms with Crippen molar-refractivity contribution in [3.8, 4) is 0 Å². The Morgan fingerprint density at radius 3 is 1.00 bits per heavy atom. The van der Waals surface area contributed by atoms with Gasteiger partial charge in [0.05, 0.1) is 12.4 Å². The van der Waals surface area contributed by atoms with Gasteiger partial charge in [-0.05, 0) is 0 Å². The first-order chi connectivity index (χ1) is 1.00. The minimum absolute atomic E-state index is 0. The topological polar surface area (TPSA) is 35.0 Å². The molecule has 0 aliphatic heterocycles. The van der Waals surface area contributed by atoms with Crippen LogP contribution in [0.2, 0.25) is 0 Å². The minimum Gasteiger partial charge on any atom is -0.344 e. The van der Waals surface area contributed by atoms with E-state index in [-0.39, 0.29) is 40.9 Å². The molecular formula is H5AgBr2ClN+2. The van der Waals surface area contributed by atoms with Crippen LogP contribution < -0.4 is 6.15 Å². The molecule has 0 aliphatic rings. The summed E-state index contributed by atoms with van der Waals surface area (Å²) in [5.41, 5.74) is 0. The van der Waals surface area contributed by atoms with Crippen molar-refractivity contribution in [3.05, 3.63) is 0 Å². The van der Waals surface area contributed by atoms with E-state index in [1.54, 1.807) is 0 Å². The van der Waals surface area contributed by atoms with Gasteiger partial charge in [0.15, 0.2) is 0 Å². The van der Waals surface area contributed by atoms with Gasteiger partial charge in [0.25, 0.3) is 0 Å². The first-order valence-electron chi connectivity index (χ1n) is 0.143. The SMILES string of the molecule is BrBr.N.[Ag+].[ClH2+]. The molecule has 0 bridgehead atoms. The van der Waals surface area contributed by atoms with Crippen molar-refractivity contribution in [2.45, 2.75) is 0 Å².